The lowest BCUT2D eigenvalue weighted by atomic mass is 10.1. The molecule has 1 aliphatic rings. The molecular weight excluding hydrogens is 176 g/mol. The number of nitrogens with zero attached hydrogens (tertiary/aromatic N) is 1. The molecule has 0 bridgehead atoms. The zero-order valence-corrected chi connectivity index (χ0v) is 8.23. The summed E-state index contributed by atoms with van der Waals surface area (Å²) in [5, 5.41) is 0. The largest absolute Gasteiger partial charge is 0.321 e. The molecule has 0 spiro atoms. The quantitative estimate of drug-likeness (QED) is 0.535. The minimum Gasteiger partial charge on any atom is -0.321 e. The van der Waals surface area contributed by atoms with E-state index in [0.29, 0.717) is 12.3 Å². The Morgan fingerprint density at radius 3 is 3.14 bits per heavy atom. The Morgan fingerprint density at radius 1 is 1.93 bits per heavy atom. The van der Waals surface area contributed by atoms with Gasteiger partial charge in [-0.1, -0.05) is 19.6 Å². The van der Waals surface area contributed by atoms with Crippen LogP contribution in [0.4, 0.5) is 0 Å². The summed E-state index contributed by atoms with van der Waals surface area (Å²) in [6.07, 6.45) is 5.60. The number of carbonyl (C=O) groups is 1. The maximum Gasteiger partial charge on any atom is 0.180 e. The predicted molar refractivity (Wildman–Crippen MR) is 57.0 cm³/mol. The first-order valence-corrected chi connectivity index (χ1v) is 4.53. The Bertz CT molecular complexity index is 335. The molecule has 2 N–H and O–H groups in total. The van der Waals surface area contributed by atoms with Crippen LogP contribution in [0.5, 0.6) is 0 Å². The molecule has 0 aromatic heterocycles. The third-order valence-electron chi connectivity index (χ3n) is 1.97. The highest BCUT2D eigenvalue weighted by Gasteiger charge is 2.14. The van der Waals surface area contributed by atoms with Crippen LogP contribution in [0.25, 0.3) is 0 Å². The second-order valence-electron chi connectivity index (χ2n) is 3.36. The zero-order chi connectivity index (χ0) is 10.6. The van der Waals surface area contributed by atoms with Crippen LogP contribution in [-0.4, -0.2) is 18.0 Å². The highest BCUT2D eigenvalue weighted by atomic mass is 16.1. The highest BCUT2D eigenvalue weighted by molar-refractivity contribution is 5.94. The molecule has 3 nitrogen and oxygen atoms in total. The molecule has 0 fully saturated rings. The first kappa shape index (κ1) is 10.6. The SMILES string of the molecule is C=C=CC(=O)C(N)CC1=C[C@@H](C)C=N1. The third kappa shape index (κ3) is 2.80. The lowest BCUT2D eigenvalue weighted by molar-refractivity contribution is -0.115. The number of allylic oxidation sites excluding steroid dienone is 1. The molecule has 0 aliphatic carbocycles. The molecule has 0 aromatic carbocycles. The summed E-state index contributed by atoms with van der Waals surface area (Å²) in [6, 6.07) is -0.530. The average Bonchev–Trinajstić information content (AvgIpc) is 2.51. The van der Waals surface area contributed by atoms with Crippen molar-refractivity contribution in [1.82, 2.24) is 0 Å². The van der Waals surface area contributed by atoms with Gasteiger partial charge in [-0.3, -0.25) is 9.79 Å². The van der Waals surface area contributed by atoms with Crippen molar-refractivity contribution >= 4 is 12.0 Å². The molecule has 0 amide bonds. The molecule has 1 heterocycles. The third-order valence-corrected chi connectivity index (χ3v) is 1.97. The summed E-state index contributed by atoms with van der Waals surface area (Å²) < 4.78 is 0. The van der Waals surface area contributed by atoms with Crippen molar-refractivity contribution in [2.45, 2.75) is 19.4 Å². The van der Waals surface area contributed by atoms with Gasteiger partial charge in [-0.25, -0.2) is 0 Å². The van der Waals surface area contributed by atoms with E-state index in [1.807, 2.05) is 19.2 Å². The molecule has 0 radical (unpaired) electrons. The van der Waals surface area contributed by atoms with Crippen LogP contribution in [0.1, 0.15) is 13.3 Å². The smallest absolute Gasteiger partial charge is 0.180 e. The van der Waals surface area contributed by atoms with E-state index < -0.39 is 6.04 Å². The highest BCUT2D eigenvalue weighted by Crippen LogP contribution is 2.15. The Kier molecular flexibility index (Phi) is 3.57. The van der Waals surface area contributed by atoms with Gasteiger partial charge in [0.1, 0.15) is 0 Å². The van der Waals surface area contributed by atoms with Crippen molar-refractivity contribution in [3.8, 4) is 0 Å². The van der Waals surface area contributed by atoms with Crippen molar-refractivity contribution in [2.24, 2.45) is 16.6 Å². The van der Waals surface area contributed by atoms with Crippen LogP contribution in [0.3, 0.4) is 0 Å². The normalized spacial score (nSPS) is 21.3. The molecule has 14 heavy (non-hydrogen) atoms. The number of hydrogen-bond donors (Lipinski definition) is 1. The fourth-order valence-corrected chi connectivity index (χ4v) is 1.26. The Labute approximate surface area is 83.7 Å². The van der Waals surface area contributed by atoms with E-state index >= 15 is 0 Å². The van der Waals surface area contributed by atoms with Crippen molar-refractivity contribution in [3.05, 3.63) is 30.2 Å². The van der Waals surface area contributed by atoms with Gasteiger partial charge in [-0.2, -0.15) is 0 Å². The topological polar surface area (TPSA) is 55.5 Å². The second-order valence-corrected chi connectivity index (χ2v) is 3.36. The lowest BCUT2D eigenvalue weighted by Gasteiger charge is -2.05. The summed E-state index contributed by atoms with van der Waals surface area (Å²) in [6.45, 7) is 5.36. The van der Waals surface area contributed by atoms with Gasteiger partial charge in [0, 0.05) is 30.3 Å². The van der Waals surface area contributed by atoms with Crippen molar-refractivity contribution in [3.63, 3.8) is 0 Å². The van der Waals surface area contributed by atoms with Gasteiger partial charge < -0.3 is 5.73 Å². The van der Waals surface area contributed by atoms with E-state index in [2.05, 4.69) is 17.3 Å². The molecule has 1 rings (SSSR count). The van der Waals surface area contributed by atoms with E-state index in [9.17, 15) is 4.79 Å². The van der Waals surface area contributed by atoms with Gasteiger partial charge in [0.05, 0.1) is 6.04 Å². The minimum atomic E-state index is -0.530. The van der Waals surface area contributed by atoms with Crippen LogP contribution in [0.15, 0.2) is 35.2 Å². The van der Waals surface area contributed by atoms with Gasteiger partial charge in [0.15, 0.2) is 5.78 Å². The van der Waals surface area contributed by atoms with Gasteiger partial charge in [0.2, 0.25) is 0 Å². The fraction of sp³-hybridized carbons (Fsp3) is 0.364. The molecule has 74 valence electrons. The Balaban J connectivity index is 2.53. The second kappa shape index (κ2) is 4.70. The molecule has 1 aliphatic heterocycles. The number of nitrogens with two attached hydrogens (primary N) is 1. The zero-order valence-electron chi connectivity index (χ0n) is 8.23. The summed E-state index contributed by atoms with van der Waals surface area (Å²) in [5.74, 6) is 0.193. The number of aliphatic imine (C=N–C) groups is 1. The van der Waals surface area contributed by atoms with E-state index in [1.165, 1.54) is 6.08 Å². The average molecular weight is 190 g/mol. The van der Waals surface area contributed by atoms with Crippen LogP contribution in [0, 0.1) is 5.92 Å². The predicted octanol–water partition coefficient (Wildman–Crippen LogP) is 1.22. The molecule has 2 atom stereocenters. The summed E-state index contributed by atoms with van der Waals surface area (Å²) in [5.41, 5.74) is 8.97. The molecule has 1 unspecified atom stereocenters. The van der Waals surface area contributed by atoms with Crippen molar-refractivity contribution in [2.75, 3.05) is 0 Å². The van der Waals surface area contributed by atoms with E-state index in [-0.39, 0.29) is 5.78 Å². The van der Waals surface area contributed by atoms with Gasteiger partial charge in [-0.15, -0.1) is 5.73 Å². The minimum absolute atomic E-state index is 0.157. The summed E-state index contributed by atoms with van der Waals surface area (Å²) in [4.78, 5) is 15.4. The molecule has 0 saturated carbocycles. The van der Waals surface area contributed by atoms with E-state index in [1.54, 1.807) is 0 Å². The standard InChI is InChI=1S/C11H14N2O/c1-3-4-11(14)10(12)6-9-5-8(2)7-13-9/h4-5,7-8,10H,1,6,12H2,2H3/t8-,10?/m1/s1. The molecular formula is C11H14N2O. The number of ketones is 1. The van der Waals surface area contributed by atoms with Gasteiger partial charge >= 0.3 is 0 Å². The van der Waals surface area contributed by atoms with E-state index in [4.69, 9.17) is 5.73 Å². The Morgan fingerprint density at radius 2 is 2.64 bits per heavy atom. The maximum absolute atomic E-state index is 11.3. The fourth-order valence-electron chi connectivity index (χ4n) is 1.26. The first-order valence-electron chi connectivity index (χ1n) is 4.53. The van der Waals surface area contributed by atoms with Crippen LogP contribution in [0.2, 0.25) is 0 Å². The molecule has 0 saturated heterocycles. The lowest BCUT2D eigenvalue weighted by Crippen LogP contribution is -2.29. The maximum atomic E-state index is 11.3. The Hall–Kier alpha value is -1.44. The molecule has 3 heteroatoms. The van der Waals surface area contributed by atoms with Gasteiger partial charge in [-0.05, 0) is 0 Å². The number of hydrogen-bond acceptors (Lipinski definition) is 3. The number of rotatable bonds is 4. The first-order chi connectivity index (χ1) is 6.63. The van der Waals surface area contributed by atoms with Crippen LogP contribution in [-0.2, 0) is 4.79 Å². The summed E-state index contributed by atoms with van der Waals surface area (Å²) >= 11 is 0. The van der Waals surface area contributed by atoms with Crippen molar-refractivity contribution < 1.29 is 4.79 Å². The van der Waals surface area contributed by atoms with Crippen LogP contribution < -0.4 is 5.73 Å². The van der Waals surface area contributed by atoms with Gasteiger partial charge in [0.25, 0.3) is 0 Å². The van der Waals surface area contributed by atoms with E-state index in [0.717, 1.165) is 5.70 Å². The molecule has 0 aromatic rings. The van der Waals surface area contributed by atoms with Crippen LogP contribution >= 0.6 is 0 Å². The summed E-state index contributed by atoms with van der Waals surface area (Å²) in [7, 11) is 0. The van der Waals surface area contributed by atoms with Crippen molar-refractivity contribution in [1.29, 1.82) is 0 Å². The monoisotopic (exact) mass is 190 g/mol. The number of carbonyl (C=O) groups excluding carboxylic acids is 1.